The van der Waals surface area contributed by atoms with Crippen molar-refractivity contribution in [3.8, 4) is 5.75 Å². The van der Waals surface area contributed by atoms with Crippen molar-refractivity contribution >= 4 is 0 Å². The van der Waals surface area contributed by atoms with E-state index in [1.54, 1.807) is 12.1 Å². The summed E-state index contributed by atoms with van der Waals surface area (Å²) in [5.74, 6) is 0.515. The number of rotatable bonds is 8. The molecule has 2 aromatic rings. The molecular formula is C30H36F6O. The summed E-state index contributed by atoms with van der Waals surface area (Å²) in [7, 11) is 0. The molecule has 0 saturated heterocycles. The van der Waals surface area contributed by atoms with Gasteiger partial charge in [-0.3, -0.25) is 0 Å². The van der Waals surface area contributed by atoms with Crippen LogP contribution in [0.3, 0.4) is 0 Å². The minimum atomic E-state index is -4.91. The molecule has 204 valence electrons. The van der Waals surface area contributed by atoms with Crippen LogP contribution in [0.25, 0.3) is 0 Å². The highest BCUT2D eigenvalue weighted by Crippen LogP contribution is 2.45. The zero-order valence-electron chi connectivity index (χ0n) is 21.3. The summed E-state index contributed by atoms with van der Waals surface area (Å²) in [6, 6.07) is 7.39. The summed E-state index contributed by atoms with van der Waals surface area (Å²) in [6.07, 6.45) is 5.14. The van der Waals surface area contributed by atoms with E-state index in [-0.39, 0.29) is 0 Å². The minimum Gasteiger partial charge on any atom is -0.429 e. The zero-order valence-corrected chi connectivity index (χ0v) is 21.3. The summed E-state index contributed by atoms with van der Waals surface area (Å²) in [6.45, 7) is 2.25. The summed E-state index contributed by atoms with van der Waals surface area (Å²) < 4.78 is 85.8. The summed E-state index contributed by atoms with van der Waals surface area (Å²) in [5.41, 5.74) is -0.936. The van der Waals surface area contributed by atoms with Crippen molar-refractivity contribution in [1.82, 2.24) is 0 Å². The Labute approximate surface area is 215 Å². The molecule has 37 heavy (non-hydrogen) atoms. The molecule has 0 atom stereocenters. The Balaban J connectivity index is 1.30. The molecule has 1 nitrogen and oxygen atoms in total. The van der Waals surface area contributed by atoms with Gasteiger partial charge >= 0.3 is 12.3 Å². The number of benzene rings is 2. The number of hydrogen-bond acceptors (Lipinski definition) is 1. The summed E-state index contributed by atoms with van der Waals surface area (Å²) in [4.78, 5) is 0. The van der Waals surface area contributed by atoms with Crippen LogP contribution in [-0.2, 0) is 12.3 Å². The van der Waals surface area contributed by atoms with Gasteiger partial charge in [0.1, 0.15) is 11.6 Å². The van der Waals surface area contributed by atoms with Crippen molar-refractivity contribution in [2.45, 2.75) is 95.8 Å². The number of unbranched alkanes of at least 4 members (excludes halogenated alkanes) is 1. The van der Waals surface area contributed by atoms with Crippen LogP contribution in [0.2, 0.25) is 0 Å². The van der Waals surface area contributed by atoms with Crippen molar-refractivity contribution in [3.63, 3.8) is 0 Å². The Kier molecular flexibility index (Phi) is 8.80. The van der Waals surface area contributed by atoms with Gasteiger partial charge in [-0.2, -0.15) is 22.0 Å². The van der Waals surface area contributed by atoms with E-state index in [4.69, 9.17) is 0 Å². The third-order valence-corrected chi connectivity index (χ3v) is 8.51. The minimum absolute atomic E-state index is 0.335. The lowest BCUT2D eigenvalue weighted by atomic mass is 9.68. The third kappa shape index (κ3) is 7.02. The fourth-order valence-electron chi connectivity index (χ4n) is 6.31. The Bertz CT molecular complexity index is 1000. The van der Waals surface area contributed by atoms with Gasteiger partial charge in [0.25, 0.3) is 0 Å². The van der Waals surface area contributed by atoms with Gasteiger partial charge in [-0.05, 0) is 92.0 Å². The molecule has 0 aromatic heterocycles. The maximum atomic E-state index is 14.7. The molecule has 4 rings (SSSR count). The van der Waals surface area contributed by atoms with Crippen molar-refractivity contribution in [1.29, 1.82) is 0 Å². The average molecular weight is 527 g/mol. The van der Waals surface area contributed by atoms with Crippen LogP contribution in [0.1, 0.15) is 100 Å². The van der Waals surface area contributed by atoms with E-state index in [1.165, 1.54) is 69.9 Å². The maximum absolute atomic E-state index is 14.7. The molecule has 0 radical (unpaired) electrons. The van der Waals surface area contributed by atoms with Gasteiger partial charge in [0, 0.05) is 6.07 Å². The van der Waals surface area contributed by atoms with Gasteiger partial charge in [-0.1, -0.05) is 51.2 Å². The largest absolute Gasteiger partial charge is 0.429 e. The first-order valence-corrected chi connectivity index (χ1v) is 13.6. The Morgan fingerprint density at radius 2 is 1.38 bits per heavy atom. The molecule has 0 aliphatic heterocycles. The van der Waals surface area contributed by atoms with E-state index < -0.39 is 35.0 Å². The van der Waals surface area contributed by atoms with Gasteiger partial charge in [-0.25, -0.2) is 4.39 Å². The molecule has 0 heterocycles. The monoisotopic (exact) mass is 526 g/mol. The predicted octanol–water partition coefficient (Wildman–Crippen LogP) is 10.2. The molecule has 0 amide bonds. The molecule has 2 aromatic carbocycles. The van der Waals surface area contributed by atoms with E-state index in [2.05, 4.69) is 11.7 Å². The molecule has 2 saturated carbocycles. The van der Waals surface area contributed by atoms with Crippen molar-refractivity contribution in [2.75, 3.05) is 0 Å². The van der Waals surface area contributed by atoms with Crippen LogP contribution in [0.5, 0.6) is 5.75 Å². The van der Waals surface area contributed by atoms with E-state index in [1.807, 2.05) is 0 Å². The lowest BCUT2D eigenvalue weighted by Crippen LogP contribution is -2.25. The number of alkyl halides is 5. The topological polar surface area (TPSA) is 9.23 Å². The van der Waals surface area contributed by atoms with Crippen molar-refractivity contribution in [3.05, 3.63) is 65.0 Å². The SMILES string of the molecule is CCCC[C@H]1CC[C@H](C2CCC(c3ccc(C(F)(F)Oc4ccc(C(F)(F)F)c(F)c4)cc3)CC2)CC1. The lowest BCUT2D eigenvalue weighted by molar-refractivity contribution is -0.185. The van der Waals surface area contributed by atoms with Gasteiger partial charge in [-0.15, -0.1) is 0 Å². The fraction of sp³-hybridized carbons (Fsp3) is 0.600. The molecule has 0 spiro atoms. The van der Waals surface area contributed by atoms with Crippen LogP contribution in [0, 0.1) is 23.6 Å². The van der Waals surface area contributed by atoms with E-state index in [9.17, 15) is 26.3 Å². The molecule has 2 aliphatic rings. The fourth-order valence-corrected chi connectivity index (χ4v) is 6.31. The van der Waals surface area contributed by atoms with E-state index in [0.717, 1.165) is 36.2 Å². The van der Waals surface area contributed by atoms with Crippen LogP contribution in [0.15, 0.2) is 42.5 Å². The van der Waals surface area contributed by atoms with Gasteiger partial charge in [0.2, 0.25) is 0 Å². The molecular weight excluding hydrogens is 490 g/mol. The normalized spacial score (nSPS) is 25.2. The first kappa shape index (κ1) is 27.8. The van der Waals surface area contributed by atoms with Crippen molar-refractivity contribution < 1.29 is 31.1 Å². The second-order valence-electron chi connectivity index (χ2n) is 10.9. The molecule has 0 unspecified atom stereocenters. The van der Waals surface area contributed by atoms with Gasteiger partial charge in [0.15, 0.2) is 0 Å². The van der Waals surface area contributed by atoms with Gasteiger partial charge < -0.3 is 4.74 Å². The summed E-state index contributed by atoms with van der Waals surface area (Å²) in [5, 5.41) is 0. The molecule has 2 aliphatic carbocycles. The first-order valence-electron chi connectivity index (χ1n) is 13.6. The standard InChI is InChI=1S/C30H36F6O/c1-2-3-4-20-5-7-21(8-6-20)22-9-11-23(12-10-22)24-13-15-25(16-14-24)30(35,36)37-26-17-18-27(28(31)19-26)29(32,33)34/h13-23H,2-12H2,1H3/t20-,21-,22?,23?. The smallest absolute Gasteiger partial charge is 0.426 e. The highest BCUT2D eigenvalue weighted by molar-refractivity contribution is 5.33. The highest BCUT2D eigenvalue weighted by Gasteiger charge is 2.38. The molecule has 2 fully saturated rings. The Morgan fingerprint density at radius 3 is 1.92 bits per heavy atom. The number of halogens is 6. The second-order valence-corrected chi connectivity index (χ2v) is 10.9. The van der Waals surface area contributed by atoms with E-state index in [0.29, 0.717) is 24.1 Å². The zero-order chi connectivity index (χ0) is 26.6. The summed E-state index contributed by atoms with van der Waals surface area (Å²) >= 11 is 0. The number of ether oxygens (including phenoxy) is 1. The Hall–Kier alpha value is -2.18. The Morgan fingerprint density at radius 1 is 0.784 bits per heavy atom. The quantitative estimate of drug-likeness (QED) is 0.311. The lowest BCUT2D eigenvalue weighted by Gasteiger charge is -2.38. The van der Waals surface area contributed by atoms with Crippen molar-refractivity contribution in [2.24, 2.45) is 17.8 Å². The third-order valence-electron chi connectivity index (χ3n) is 8.51. The molecule has 7 heteroatoms. The van der Waals surface area contributed by atoms with Crippen LogP contribution >= 0.6 is 0 Å². The second kappa shape index (κ2) is 11.7. The number of hydrogen-bond donors (Lipinski definition) is 0. The average Bonchev–Trinajstić information content (AvgIpc) is 2.87. The predicted molar refractivity (Wildman–Crippen MR) is 132 cm³/mol. The van der Waals surface area contributed by atoms with Crippen LogP contribution in [-0.4, -0.2) is 0 Å². The molecule has 0 bridgehead atoms. The van der Waals surface area contributed by atoms with Gasteiger partial charge in [0.05, 0.1) is 11.1 Å². The highest BCUT2D eigenvalue weighted by atomic mass is 19.4. The van der Waals surface area contributed by atoms with E-state index >= 15 is 0 Å². The maximum Gasteiger partial charge on any atom is 0.426 e. The van der Waals surface area contributed by atoms with Crippen LogP contribution < -0.4 is 4.74 Å². The first-order chi connectivity index (χ1) is 17.6. The molecule has 0 N–H and O–H groups in total. The van der Waals surface area contributed by atoms with Crippen LogP contribution in [0.4, 0.5) is 26.3 Å².